The van der Waals surface area contributed by atoms with Crippen LogP contribution in [0.1, 0.15) is 82.9 Å². The second-order valence-electron chi connectivity index (χ2n) is 14.1. The van der Waals surface area contributed by atoms with E-state index in [0.717, 1.165) is 48.5 Å². The summed E-state index contributed by atoms with van der Waals surface area (Å²) in [5.74, 6) is -11.7. The van der Waals surface area contributed by atoms with Crippen molar-refractivity contribution >= 4 is 47.8 Å². The van der Waals surface area contributed by atoms with Crippen molar-refractivity contribution in [1.82, 2.24) is 71.4 Å². The SMILES string of the molecule is O=C(O)c1cc(C(=O)O)cc(-c2ccc(-c3nnc(-c4cc(C(=O)O)cc(C(=O)O)c4)nn3)nn2)c1.O=C(O)c1cc(C(=O)O)cc(-c2nnc(-c3nnc(-c4cc(C(=O)O)cc(C(=O)O)c4)nn3)nn2)c1. The number of nitrogens with zero attached hydrogens (tertiary/aromatic N) is 14. The number of benzene rings is 4. The van der Waals surface area contributed by atoms with Gasteiger partial charge in [-0.1, -0.05) is 0 Å². The summed E-state index contributed by atoms with van der Waals surface area (Å²) in [5, 5.41) is 127. The molecule has 0 aliphatic carbocycles. The van der Waals surface area contributed by atoms with Crippen LogP contribution in [-0.4, -0.2) is 160 Å². The van der Waals surface area contributed by atoms with Crippen molar-refractivity contribution in [3.8, 4) is 68.6 Å². The lowest BCUT2D eigenvalue weighted by atomic mass is 10.0. The molecule has 356 valence electrons. The van der Waals surface area contributed by atoms with Crippen molar-refractivity contribution in [2.24, 2.45) is 0 Å². The van der Waals surface area contributed by atoms with Gasteiger partial charge in [0, 0.05) is 22.3 Å². The van der Waals surface area contributed by atoms with Crippen LogP contribution in [0.5, 0.6) is 0 Å². The molecule has 0 radical (unpaired) electrons. The fourth-order valence-electron chi connectivity index (χ4n) is 5.95. The van der Waals surface area contributed by atoms with E-state index >= 15 is 0 Å². The predicted molar refractivity (Wildman–Crippen MR) is 230 cm³/mol. The van der Waals surface area contributed by atoms with Gasteiger partial charge >= 0.3 is 47.8 Å². The average molecular weight is 979 g/mol. The molecule has 0 saturated heterocycles. The minimum atomic E-state index is -1.35. The molecule has 0 amide bonds. The van der Waals surface area contributed by atoms with Gasteiger partial charge in [0.1, 0.15) is 5.69 Å². The third-order valence-corrected chi connectivity index (χ3v) is 9.31. The number of hydrogen-bond donors (Lipinski definition) is 8. The monoisotopic (exact) mass is 978 g/mol. The van der Waals surface area contributed by atoms with Crippen molar-refractivity contribution in [3.05, 3.63) is 129 Å². The quantitative estimate of drug-likeness (QED) is 0.0775. The van der Waals surface area contributed by atoms with Gasteiger partial charge in [0.2, 0.25) is 34.9 Å². The van der Waals surface area contributed by atoms with Gasteiger partial charge in [-0.3, -0.25) is 0 Å². The van der Waals surface area contributed by atoms with Crippen LogP contribution in [0.25, 0.3) is 68.6 Å². The molecule has 0 atom stereocenters. The van der Waals surface area contributed by atoms with Gasteiger partial charge in [-0.15, -0.1) is 71.4 Å². The number of rotatable bonds is 14. The molecule has 30 nitrogen and oxygen atoms in total. The van der Waals surface area contributed by atoms with Crippen molar-refractivity contribution in [1.29, 1.82) is 0 Å². The summed E-state index contributed by atoms with van der Waals surface area (Å²) in [6.07, 6.45) is 0. The van der Waals surface area contributed by atoms with Crippen molar-refractivity contribution in [2.45, 2.75) is 0 Å². The Morgan fingerprint density at radius 3 is 0.639 bits per heavy atom. The maximum atomic E-state index is 11.3. The van der Waals surface area contributed by atoms with Crippen LogP contribution in [0.4, 0.5) is 0 Å². The largest absolute Gasteiger partial charge is 0.478 e. The fourth-order valence-corrected chi connectivity index (χ4v) is 5.95. The lowest BCUT2D eigenvalue weighted by Gasteiger charge is -2.06. The Morgan fingerprint density at radius 1 is 0.222 bits per heavy atom. The Labute approximate surface area is 395 Å². The summed E-state index contributed by atoms with van der Waals surface area (Å²) >= 11 is 0. The zero-order valence-electron chi connectivity index (χ0n) is 35.2. The number of carboxylic acid groups (broad SMARTS) is 8. The number of aromatic nitrogens is 14. The second kappa shape index (κ2) is 20.2. The van der Waals surface area contributed by atoms with Crippen molar-refractivity contribution in [3.63, 3.8) is 0 Å². The Kier molecular flexibility index (Phi) is 13.6. The Morgan fingerprint density at radius 2 is 0.417 bits per heavy atom. The van der Waals surface area contributed by atoms with Gasteiger partial charge in [-0.2, -0.15) is 0 Å². The third-order valence-electron chi connectivity index (χ3n) is 9.31. The normalized spacial score (nSPS) is 10.6. The minimum absolute atomic E-state index is 0.0407. The summed E-state index contributed by atoms with van der Waals surface area (Å²) < 4.78 is 0. The van der Waals surface area contributed by atoms with Gasteiger partial charge in [0.25, 0.3) is 0 Å². The van der Waals surface area contributed by atoms with Crippen LogP contribution in [0.3, 0.4) is 0 Å². The van der Waals surface area contributed by atoms with Crippen LogP contribution in [0, 0.1) is 0 Å². The fraction of sp³-hybridized carbons (Fsp3) is 0. The smallest absolute Gasteiger partial charge is 0.335 e. The summed E-state index contributed by atoms with van der Waals surface area (Å²) in [4.78, 5) is 90.3. The first-order chi connectivity index (χ1) is 34.2. The molecule has 4 aromatic carbocycles. The third kappa shape index (κ3) is 11.0. The molecule has 0 aliphatic rings. The zero-order valence-corrected chi connectivity index (χ0v) is 35.2. The second-order valence-corrected chi connectivity index (χ2v) is 14.1. The first kappa shape index (κ1) is 48.5. The van der Waals surface area contributed by atoms with E-state index in [2.05, 4.69) is 71.4 Å². The molecule has 8 rings (SSSR count). The maximum absolute atomic E-state index is 11.3. The Balaban J connectivity index is 0.000000211. The molecule has 4 aromatic heterocycles. The Hall–Kier alpha value is -11.5. The summed E-state index contributed by atoms with van der Waals surface area (Å²) in [6, 6.07) is 16.3. The van der Waals surface area contributed by atoms with Crippen LogP contribution in [0.15, 0.2) is 84.9 Å². The van der Waals surface area contributed by atoms with Crippen molar-refractivity contribution < 1.29 is 79.2 Å². The number of carbonyl (C=O) groups is 8. The lowest BCUT2D eigenvalue weighted by Crippen LogP contribution is -2.07. The molecular formula is C42H22N14O16. The molecule has 0 saturated carbocycles. The van der Waals surface area contributed by atoms with E-state index in [9.17, 15) is 79.2 Å². The molecule has 0 spiro atoms. The summed E-state index contributed by atoms with van der Waals surface area (Å²) in [5.41, 5.74) is -1.55. The number of aromatic carboxylic acids is 8. The molecule has 30 heteroatoms. The highest BCUT2D eigenvalue weighted by atomic mass is 16.4. The number of carboxylic acids is 8. The standard InChI is InChI=1S/C22H12N6O8.C20H10N8O8/c29-19(30)11-3-9(4-12(7-11)20(31)32)15-1-2-16(24-23-15)18-27-25-17(26-28-18)10-5-13(21(33)34)8-14(6-10)22(35)36;29-17(30)9-1-7(2-10(5-9)18(31)32)13-21-25-15(26-22-13)16-27-23-14(24-28-16)8-3-11(19(33)34)6-12(4-8)20(35)36/h1-8H,(H,29,30)(H,31,32)(H,33,34)(H,35,36);1-6H,(H,29,30)(H,31,32)(H,33,34)(H,35,36). The van der Waals surface area contributed by atoms with Gasteiger partial charge in [0.15, 0.2) is 0 Å². The van der Waals surface area contributed by atoms with Gasteiger partial charge in [0.05, 0.1) is 50.2 Å². The van der Waals surface area contributed by atoms with Crippen LogP contribution in [0.2, 0.25) is 0 Å². The topological polar surface area (TPSA) is 479 Å². The van der Waals surface area contributed by atoms with E-state index < -0.39 is 47.8 Å². The minimum Gasteiger partial charge on any atom is -0.478 e. The molecule has 8 aromatic rings. The molecule has 0 bridgehead atoms. The molecule has 4 heterocycles. The molecule has 0 aliphatic heterocycles. The van der Waals surface area contributed by atoms with E-state index in [1.54, 1.807) is 0 Å². The summed E-state index contributed by atoms with van der Waals surface area (Å²) in [6.45, 7) is 0. The van der Waals surface area contributed by atoms with E-state index in [0.29, 0.717) is 0 Å². The van der Waals surface area contributed by atoms with Crippen LogP contribution in [-0.2, 0) is 0 Å². The number of hydrogen-bond acceptors (Lipinski definition) is 22. The molecule has 0 unspecified atom stereocenters. The molecule has 0 fully saturated rings. The maximum Gasteiger partial charge on any atom is 0.335 e. The summed E-state index contributed by atoms with van der Waals surface area (Å²) in [7, 11) is 0. The first-order valence-electron chi connectivity index (χ1n) is 19.3. The highest BCUT2D eigenvalue weighted by Crippen LogP contribution is 2.25. The van der Waals surface area contributed by atoms with E-state index in [1.165, 1.54) is 36.4 Å². The van der Waals surface area contributed by atoms with Gasteiger partial charge in [-0.05, 0) is 84.9 Å². The van der Waals surface area contributed by atoms with E-state index in [1.807, 2.05) is 0 Å². The lowest BCUT2D eigenvalue weighted by molar-refractivity contribution is 0.0676. The van der Waals surface area contributed by atoms with Crippen LogP contribution >= 0.6 is 0 Å². The van der Waals surface area contributed by atoms with Gasteiger partial charge in [-0.25, -0.2) is 38.4 Å². The first-order valence-corrected chi connectivity index (χ1v) is 19.3. The van der Waals surface area contributed by atoms with E-state index in [4.69, 9.17) is 0 Å². The Bertz CT molecular complexity index is 2950. The predicted octanol–water partition coefficient (Wildman–Crippen LogP) is 2.49. The van der Waals surface area contributed by atoms with E-state index in [-0.39, 0.29) is 113 Å². The van der Waals surface area contributed by atoms with Crippen molar-refractivity contribution in [2.75, 3.05) is 0 Å². The molecule has 72 heavy (non-hydrogen) atoms. The highest BCUT2D eigenvalue weighted by Gasteiger charge is 2.20. The van der Waals surface area contributed by atoms with Crippen LogP contribution < -0.4 is 0 Å². The molecule has 8 N–H and O–H groups in total. The highest BCUT2D eigenvalue weighted by molar-refractivity contribution is 5.98. The van der Waals surface area contributed by atoms with Gasteiger partial charge < -0.3 is 40.9 Å². The zero-order chi connectivity index (χ0) is 52.0. The average Bonchev–Trinajstić information content (AvgIpc) is 3.38. The molecular weight excluding hydrogens is 957 g/mol.